The van der Waals surface area contributed by atoms with Gasteiger partial charge in [0.25, 0.3) is 0 Å². The molecule has 5 heteroatoms. The highest BCUT2D eigenvalue weighted by Crippen LogP contribution is 2.49. The van der Waals surface area contributed by atoms with Gasteiger partial charge in [0.05, 0.1) is 12.2 Å². The molecule has 4 fully saturated rings. The smallest absolute Gasteiger partial charge is 0.158 e. The van der Waals surface area contributed by atoms with E-state index < -0.39 is 0 Å². The van der Waals surface area contributed by atoms with E-state index in [4.69, 9.17) is 18.9 Å². The summed E-state index contributed by atoms with van der Waals surface area (Å²) < 4.78 is 24.9. The van der Waals surface area contributed by atoms with E-state index in [1.54, 1.807) is 0 Å². The Bertz CT molecular complexity index is 750. The van der Waals surface area contributed by atoms with E-state index in [9.17, 15) is 4.79 Å². The Morgan fingerprint density at radius 3 is 2.47 bits per heavy atom. The van der Waals surface area contributed by atoms with Crippen molar-refractivity contribution in [2.75, 3.05) is 13.2 Å². The van der Waals surface area contributed by atoms with Gasteiger partial charge in [-0.05, 0) is 56.8 Å². The zero-order valence-electron chi connectivity index (χ0n) is 21.4. The van der Waals surface area contributed by atoms with Crippen molar-refractivity contribution in [3.8, 4) is 11.8 Å². The van der Waals surface area contributed by atoms with Crippen molar-refractivity contribution in [3.63, 3.8) is 0 Å². The molecule has 0 N–H and O–H groups in total. The molecule has 0 bridgehead atoms. The standard InChI is InChI=1S/C29H44O5/c1-4-5-8-15-29(2,3)26(34-28-12-7-10-17-32-28)14-13-23-24-20-22(30)18-21(24)19-25(23)33-27-11-6-9-16-31-27/h13-14,21,23-28H,4,6-7,9-12,15-20H2,1-3H3/b14-13+/t21-,23+,24-,25+,26+,27?,28?/m0/s1. The Kier molecular flexibility index (Phi) is 9.27. The summed E-state index contributed by atoms with van der Waals surface area (Å²) in [5.41, 5.74) is -0.147. The number of fused-ring (bicyclic) bond motifs is 1. The van der Waals surface area contributed by atoms with Gasteiger partial charge in [0.2, 0.25) is 0 Å². The fraction of sp³-hybridized carbons (Fsp3) is 0.828. The largest absolute Gasteiger partial charge is 0.353 e. The molecule has 5 nitrogen and oxygen atoms in total. The van der Waals surface area contributed by atoms with Gasteiger partial charge in [0.15, 0.2) is 12.6 Å². The molecule has 0 spiro atoms. The summed E-state index contributed by atoms with van der Waals surface area (Å²) in [6.45, 7) is 8.10. The first-order valence-corrected chi connectivity index (χ1v) is 13.7. The zero-order chi connectivity index (χ0) is 24.0. The number of hydrogen-bond donors (Lipinski definition) is 0. The third kappa shape index (κ3) is 6.72. The van der Waals surface area contributed by atoms with Crippen LogP contribution in [0.3, 0.4) is 0 Å². The first-order chi connectivity index (χ1) is 16.5. The molecule has 0 aromatic rings. The van der Waals surface area contributed by atoms with Gasteiger partial charge in [-0.3, -0.25) is 4.79 Å². The van der Waals surface area contributed by atoms with Gasteiger partial charge in [-0.1, -0.05) is 32.9 Å². The van der Waals surface area contributed by atoms with E-state index in [1.165, 1.54) is 0 Å². The molecule has 2 aliphatic carbocycles. The van der Waals surface area contributed by atoms with Crippen LogP contribution in [0.1, 0.15) is 91.4 Å². The average Bonchev–Trinajstić information content (AvgIpc) is 3.33. The van der Waals surface area contributed by atoms with Crippen molar-refractivity contribution in [2.45, 2.75) is 116 Å². The first-order valence-electron chi connectivity index (χ1n) is 13.7. The van der Waals surface area contributed by atoms with Gasteiger partial charge in [0, 0.05) is 50.2 Å². The van der Waals surface area contributed by atoms with Crippen LogP contribution in [-0.2, 0) is 23.7 Å². The highest BCUT2D eigenvalue weighted by Gasteiger charge is 2.48. The SMILES string of the molecule is CCC#CCC(C)(C)[C@@H](/C=C/[C@@H]1[C@H]2CC(=O)C[C@H]2C[C@H]1OC1CCCCO1)OC1CCCCO1. The van der Waals surface area contributed by atoms with Crippen molar-refractivity contribution in [1.82, 2.24) is 0 Å². The minimum absolute atomic E-state index is 0.104. The molecule has 2 unspecified atom stereocenters. The quantitative estimate of drug-likeness (QED) is 0.330. The van der Waals surface area contributed by atoms with E-state index in [0.717, 1.165) is 71.0 Å². The molecule has 4 aliphatic rings. The molecule has 2 aliphatic heterocycles. The number of carbonyl (C=O) groups excluding carboxylic acids is 1. The Hall–Kier alpha value is -1.19. The van der Waals surface area contributed by atoms with Gasteiger partial charge in [-0.2, -0.15) is 0 Å². The van der Waals surface area contributed by atoms with E-state index in [1.807, 2.05) is 0 Å². The Labute approximate surface area is 206 Å². The minimum Gasteiger partial charge on any atom is -0.353 e. The lowest BCUT2D eigenvalue weighted by molar-refractivity contribution is -0.197. The summed E-state index contributed by atoms with van der Waals surface area (Å²) in [7, 11) is 0. The molecule has 34 heavy (non-hydrogen) atoms. The van der Waals surface area contributed by atoms with Crippen molar-refractivity contribution in [1.29, 1.82) is 0 Å². The number of carbonyl (C=O) groups is 1. The Morgan fingerprint density at radius 1 is 1.06 bits per heavy atom. The number of Topliss-reactive ketones (excluding diaryl/α,β-unsaturated/α-hetero) is 1. The second kappa shape index (κ2) is 12.2. The Morgan fingerprint density at radius 2 is 1.79 bits per heavy atom. The summed E-state index contributed by atoms with van der Waals surface area (Å²) in [6, 6.07) is 0. The average molecular weight is 473 g/mol. The molecule has 4 rings (SSSR count). The van der Waals surface area contributed by atoms with E-state index in [0.29, 0.717) is 30.5 Å². The molecule has 190 valence electrons. The lowest BCUT2D eigenvalue weighted by atomic mass is 9.81. The second-order valence-electron chi connectivity index (χ2n) is 11.3. The third-order valence-electron chi connectivity index (χ3n) is 8.04. The van der Waals surface area contributed by atoms with Gasteiger partial charge < -0.3 is 18.9 Å². The summed E-state index contributed by atoms with van der Waals surface area (Å²) in [5, 5.41) is 0. The maximum atomic E-state index is 12.3. The lowest BCUT2D eigenvalue weighted by Crippen LogP contribution is -2.36. The fourth-order valence-electron chi connectivity index (χ4n) is 6.04. The number of ketones is 1. The van der Waals surface area contributed by atoms with Crippen molar-refractivity contribution >= 4 is 5.78 Å². The van der Waals surface area contributed by atoms with Crippen LogP contribution < -0.4 is 0 Å². The van der Waals surface area contributed by atoms with Gasteiger partial charge in [-0.15, -0.1) is 11.8 Å². The van der Waals surface area contributed by atoms with Crippen LogP contribution in [-0.4, -0.2) is 43.8 Å². The minimum atomic E-state index is -0.158. The van der Waals surface area contributed by atoms with E-state index in [2.05, 4.69) is 44.8 Å². The molecule has 0 radical (unpaired) electrons. The first kappa shape index (κ1) is 25.9. The molecule has 0 aromatic heterocycles. The van der Waals surface area contributed by atoms with Crippen LogP contribution in [0, 0.1) is 35.0 Å². The predicted molar refractivity (Wildman–Crippen MR) is 132 cm³/mol. The fourth-order valence-corrected chi connectivity index (χ4v) is 6.04. The van der Waals surface area contributed by atoms with Crippen molar-refractivity contribution < 1.29 is 23.7 Å². The number of hydrogen-bond acceptors (Lipinski definition) is 5. The normalized spacial score (nSPS) is 35.2. The Balaban J connectivity index is 1.51. The number of ether oxygens (including phenoxy) is 4. The molecular formula is C29H44O5. The predicted octanol–water partition coefficient (Wildman–Crippen LogP) is 5.81. The highest BCUT2D eigenvalue weighted by molar-refractivity contribution is 5.81. The van der Waals surface area contributed by atoms with E-state index in [-0.39, 0.29) is 36.1 Å². The molecular weight excluding hydrogens is 428 g/mol. The summed E-state index contributed by atoms with van der Waals surface area (Å²) in [5.74, 6) is 7.97. The molecule has 2 saturated carbocycles. The van der Waals surface area contributed by atoms with Crippen molar-refractivity contribution in [2.24, 2.45) is 23.2 Å². The second-order valence-corrected chi connectivity index (χ2v) is 11.3. The molecule has 0 amide bonds. The summed E-state index contributed by atoms with van der Waals surface area (Å²) in [6.07, 6.45) is 14.7. The molecule has 2 saturated heterocycles. The zero-order valence-corrected chi connectivity index (χ0v) is 21.4. The summed E-state index contributed by atoms with van der Waals surface area (Å²) >= 11 is 0. The van der Waals surface area contributed by atoms with Crippen LogP contribution >= 0.6 is 0 Å². The van der Waals surface area contributed by atoms with Gasteiger partial charge in [0.1, 0.15) is 5.78 Å². The van der Waals surface area contributed by atoms with E-state index >= 15 is 0 Å². The lowest BCUT2D eigenvalue weighted by Gasteiger charge is -2.35. The van der Waals surface area contributed by atoms with Crippen LogP contribution in [0.5, 0.6) is 0 Å². The highest BCUT2D eigenvalue weighted by atomic mass is 16.7. The third-order valence-corrected chi connectivity index (χ3v) is 8.04. The van der Waals surface area contributed by atoms with Crippen LogP contribution in [0.2, 0.25) is 0 Å². The summed E-state index contributed by atoms with van der Waals surface area (Å²) in [4.78, 5) is 12.3. The molecule has 0 aromatic carbocycles. The van der Waals surface area contributed by atoms with Crippen molar-refractivity contribution in [3.05, 3.63) is 12.2 Å². The van der Waals surface area contributed by atoms with Gasteiger partial charge in [-0.25, -0.2) is 0 Å². The number of rotatable bonds is 8. The maximum Gasteiger partial charge on any atom is 0.158 e. The van der Waals surface area contributed by atoms with Crippen LogP contribution in [0.25, 0.3) is 0 Å². The monoisotopic (exact) mass is 472 g/mol. The topological polar surface area (TPSA) is 54.0 Å². The molecule has 2 heterocycles. The molecule has 7 atom stereocenters. The maximum absolute atomic E-state index is 12.3. The van der Waals surface area contributed by atoms with Crippen LogP contribution in [0.4, 0.5) is 0 Å². The van der Waals surface area contributed by atoms with Gasteiger partial charge >= 0.3 is 0 Å². The van der Waals surface area contributed by atoms with Crippen LogP contribution in [0.15, 0.2) is 12.2 Å².